The van der Waals surface area contributed by atoms with Crippen molar-refractivity contribution in [3.8, 4) is 5.75 Å². The molecule has 0 unspecified atom stereocenters. The molecule has 0 saturated heterocycles. The third-order valence-corrected chi connectivity index (χ3v) is 3.43. The van der Waals surface area contributed by atoms with E-state index in [1.54, 1.807) is 7.11 Å². The highest BCUT2D eigenvalue weighted by Gasteiger charge is 2.19. The summed E-state index contributed by atoms with van der Waals surface area (Å²) in [5.74, 6) is 0.781. The lowest BCUT2D eigenvalue weighted by molar-refractivity contribution is 0.414. The monoisotopic (exact) mass is 264 g/mol. The molecule has 0 aromatic heterocycles. The van der Waals surface area contributed by atoms with Crippen LogP contribution in [0.1, 0.15) is 16.7 Å². The molecule has 100 valence electrons. The van der Waals surface area contributed by atoms with E-state index in [0.29, 0.717) is 0 Å². The van der Waals surface area contributed by atoms with E-state index < -0.39 is 0 Å². The molecule has 0 amide bonds. The van der Waals surface area contributed by atoms with Crippen LogP contribution in [-0.4, -0.2) is 7.11 Å². The van der Waals surface area contributed by atoms with Gasteiger partial charge in [0.25, 0.3) is 0 Å². The number of ether oxygens (including phenoxy) is 1. The van der Waals surface area contributed by atoms with Crippen LogP contribution in [0.5, 0.6) is 5.75 Å². The van der Waals surface area contributed by atoms with Crippen LogP contribution in [-0.2, 0) is 0 Å². The first-order valence-corrected chi connectivity index (χ1v) is 6.37. The highest BCUT2D eigenvalue weighted by molar-refractivity contribution is 6.01. The van der Waals surface area contributed by atoms with Gasteiger partial charge in [-0.1, -0.05) is 36.4 Å². The summed E-state index contributed by atoms with van der Waals surface area (Å²) in [4.78, 5) is 0. The van der Waals surface area contributed by atoms with Crippen LogP contribution < -0.4 is 10.2 Å². The number of methoxy groups -OCH3 is 1. The van der Waals surface area contributed by atoms with Crippen LogP contribution in [0.15, 0.2) is 60.8 Å². The molecule has 0 fully saturated rings. The molecular weight excluding hydrogens is 250 g/mol. The Morgan fingerprint density at radius 1 is 1.05 bits per heavy atom. The molecule has 3 heteroatoms. The highest BCUT2D eigenvalue weighted by atomic mass is 16.5. The maximum absolute atomic E-state index is 10.7. The fourth-order valence-corrected chi connectivity index (χ4v) is 2.47. The van der Waals surface area contributed by atoms with E-state index in [1.165, 1.54) is 6.20 Å². The second kappa shape index (κ2) is 5.23. The van der Waals surface area contributed by atoms with E-state index in [9.17, 15) is 5.21 Å². The van der Waals surface area contributed by atoms with Crippen LogP contribution >= 0.6 is 0 Å². The summed E-state index contributed by atoms with van der Waals surface area (Å²) < 4.78 is 5.26. The van der Waals surface area contributed by atoms with E-state index >= 15 is 0 Å². The van der Waals surface area contributed by atoms with Gasteiger partial charge < -0.3 is 15.4 Å². The Morgan fingerprint density at radius 2 is 1.85 bits per heavy atom. The highest BCUT2D eigenvalue weighted by Crippen LogP contribution is 2.40. The Bertz CT molecular complexity index is 687. The minimum Gasteiger partial charge on any atom is -0.761 e. The normalized spacial score (nSPS) is 14.9. The summed E-state index contributed by atoms with van der Waals surface area (Å²) in [5.41, 5.74) is 7.09. The van der Waals surface area contributed by atoms with Crippen molar-refractivity contribution in [2.24, 2.45) is 0 Å². The van der Waals surface area contributed by atoms with Crippen LogP contribution in [0.3, 0.4) is 0 Å². The zero-order valence-electron chi connectivity index (χ0n) is 11.1. The van der Waals surface area contributed by atoms with Crippen LogP contribution in [0, 0.1) is 5.21 Å². The first-order valence-electron chi connectivity index (χ1n) is 6.37. The van der Waals surface area contributed by atoms with Crippen LogP contribution in [0.2, 0.25) is 0 Å². The molecule has 0 aliphatic heterocycles. The molecule has 0 atom stereocenters. The maximum Gasteiger partial charge on any atom is 0.119 e. The average Bonchev–Trinajstić information content (AvgIpc) is 2.86. The van der Waals surface area contributed by atoms with E-state index in [1.807, 2.05) is 48.0 Å². The number of hydroxylamine groups is 1. The Hall–Kier alpha value is -2.52. The van der Waals surface area contributed by atoms with Crippen LogP contribution in [0.4, 0.5) is 0 Å². The molecule has 1 aliphatic rings. The van der Waals surface area contributed by atoms with Crippen molar-refractivity contribution in [3.05, 3.63) is 82.7 Å². The van der Waals surface area contributed by atoms with Gasteiger partial charge in [0.2, 0.25) is 0 Å². The summed E-state index contributed by atoms with van der Waals surface area (Å²) >= 11 is 0. The summed E-state index contributed by atoms with van der Waals surface area (Å²) in [6.45, 7) is 0. The van der Waals surface area contributed by atoms with Crippen molar-refractivity contribution >= 4 is 11.1 Å². The van der Waals surface area contributed by atoms with Crippen molar-refractivity contribution in [2.75, 3.05) is 7.11 Å². The van der Waals surface area contributed by atoms with Gasteiger partial charge in [-0.25, -0.2) is 0 Å². The molecular formula is C17H14NO2-. The topological polar surface area (TPSA) is 44.3 Å². The maximum atomic E-state index is 10.7. The Morgan fingerprint density at radius 3 is 2.55 bits per heavy atom. The Balaban J connectivity index is 2.15. The Kier molecular flexibility index (Phi) is 3.27. The molecule has 0 spiro atoms. The van der Waals surface area contributed by atoms with Gasteiger partial charge in [0, 0.05) is 0 Å². The fourth-order valence-electron chi connectivity index (χ4n) is 2.47. The second-order valence-electron chi connectivity index (χ2n) is 4.55. The summed E-state index contributed by atoms with van der Waals surface area (Å²) in [6, 6.07) is 16.0. The zero-order valence-corrected chi connectivity index (χ0v) is 11.1. The molecule has 0 heterocycles. The van der Waals surface area contributed by atoms with Crippen molar-refractivity contribution in [1.82, 2.24) is 5.48 Å². The van der Waals surface area contributed by atoms with Gasteiger partial charge in [0.05, 0.1) is 7.11 Å². The number of rotatable bonds is 3. The van der Waals surface area contributed by atoms with Gasteiger partial charge in [-0.15, -0.1) is 0 Å². The van der Waals surface area contributed by atoms with Crippen molar-refractivity contribution < 1.29 is 4.74 Å². The van der Waals surface area contributed by atoms with Crippen molar-refractivity contribution in [2.45, 2.75) is 0 Å². The number of allylic oxidation sites excluding steroid dienone is 2. The standard InChI is InChI=1S/C17H14NO2/c1-20-14-7-8-15-16(12-5-3-2-4-6-12)9-13(11-18-19)17(15)10-14/h2-11,18H,1H3/q-1. The fraction of sp³-hybridized carbons (Fsp3) is 0.0588. The van der Waals surface area contributed by atoms with Gasteiger partial charge in [-0.05, 0) is 52.2 Å². The van der Waals surface area contributed by atoms with Gasteiger partial charge >= 0.3 is 0 Å². The smallest absolute Gasteiger partial charge is 0.119 e. The summed E-state index contributed by atoms with van der Waals surface area (Å²) in [5, 5.41) is 10.7. The Labute approximate surface area is 117 Å². The molecule has 20 heavy (non-hydrogen) atoms. The van der Waals surface area contributed by atoms with Gasteiger partial charge in [-0.2, -0.15) is 0 Å². The lowest BCUT2D eigenvalue weighted by Crippen LogP contribution is -1.93. The molecule has 0 bridgehead atoms. The van der Waals surface area contributed by atoms with E-state index in [-0.39, 0.29) is 0 Å². The minimum absolute atomic E-state index is 0.781. The molecule has 0 saturated carbocycles. The number of fused-ring (bicyclic) bond motifs is 1. The van der Waals surface area contributed by atoms with Gasteiger partial charge in [0.15, 0.2) is 0 Å². The predicted molar refractivity (Wildman–Crippen MR) is 81.0 cm³/mol. The second-order valence-corrected chi connectivity index (χ2v) is 4.55. The molecule has 0 radical (unpaired) electrons. The van der Waals surface area contributed by atoms with Gasteiger partial charge in [0.1, 0.15) is 5.75 Å². The number of benzene rings is 2. The largest absolute Gasteiger partial charge is 0.761 e. The predicted octanol–water partition coefficient (Wildman–Crippen LogP) is 3.57. The average molecular weight is 264 g/mol. The van der Waals surface area contributed by atoms with Crippen LogP contribution in [0.25, 0.3) is 11.1 Å². The van der Waals surface area contributed by atoms with Gasteiger partial charge in [-0.3, -0.25) is 0 Å². The zero-order chi connectivity index (χ0) is 13.9. The molecule has 1 aliphatic carbocycles. The summed E-state index contributed by atoms with van der Waals surface area (Å²) in [6.07, 6.45) is 3.48. The number of nitrogens with one attached hydrogen (secondary N) is 1. The first-order chi connectivity index (χ1) is 9.83. The van der Waals surface area contributed by atoms with Crippen molar-refractivity contribution in [1.29, 1.82) is 0 Å². The third-order valence-electron chi connectivity index (χ3n) is 3.43. The lowest BCUT2D eigenvalue weighted by Gasteiger charge is -2.09. The third kappa shape index (κ3) is 2.08. The quantitative estimate of drug-likeness (QED) is 0.862. The minimum atomic E-state index is 0.781. The van der Waals surface area contributed by atoms with E-state index in [0.717, 1.165) is 33.6 Å². The molecule has 2 aromatic rings. The lowest BCUT2D eigenvalue weighted by atomic mass is 9.99. The molecule has 2 aromatic carbocycles. The SMILES string of the molecule is COc1ccc2c(c1)C(=CN[O-])C=C2c1ccccc1. The van der Waals surface area contributed by atoms with E-state index in [2.05, 4.69) is 12.1 Å². The van der Waals surface area contributed by atoms with Crippen molar-refractivity contribution in [3.63, 3.8) is 0 Å². The number of hydrogen-bond donors (Lipinski definition) is 1. The molecule has 3 rings (SSSR count). The first kappa shape index (κ1) is 12.5. The summed E-state index contributed by atoms with van der Waals surface area (Å²) in [7, 11) is 1.64. The number of hydrogen-bond acceptors (Lipinski definition) is 3. The van der Waals surface area contributed by atoms with E-state index in [4.69, 9.17) is 4.74 Å². The molecule has 1 N–H and O–H groups in total. The molecule has 3 nitrogen and oxygen atoms in total.